The fourth-order valence-corrected chi connectivity index (χ4v) is 3.32. The molecule has 1 nitrogen and oxygen atoms in total. The van der Waals surface area contributed by atoms with Crippen LogP contribution in [-0.2, 0) is 0 Å². The monoisotopic (exact) mass is 277 g/mol. The Hall–Kier alpha value is -0.890. The van der Waals surface area contributed by atoms with Crippen molar-refractivity contribution in [3.63, 3.8) is 0 Å². The summed E-state index contributed by atoms with van der Waals surface area (Å²) in [7, 11) is 0. The lowest BCUT2D eigenvalue weighted by molar-refractivity contribution is 0.409. The molecule has 1 N–H and O–H groups in total. The Morgan fingerprint density at radius 1 is 1.15 bits per heavy atom. The molecular formula is C18H28FN. The Balaban J connectivity index is 2.00. The van der Waals surface area contributed by atoms with E-state index in [0.717, 1.165) is 31.0 Å². The molecule has 1 aromatic rings. The van der Waals surface area contributed by atoms with Gasteiger partial charge in [-0.1, -0.05) is 57.7 Å². The second kappa shape index (κ2) is 7.78. The highest BCUT2D eigenvalue weighted by molar-refractivity contribution is 5.22. The molecule has 1 fully saturated rings. The Kier molecular flexibility index (Phi) is 6.03. The third kappa shape index (κ3) is 4.59. The molecule has 0 radical (unpaired) electrons. The molecule has 0 spiro atoms. The summed E-state index contributed by atoms with van der Waals surface area (Å²) in [5, 5.41) is 3.52. The fourth-order valence-electron chi connectivity index (χ4n) is 3.32. The van der Waals surface area contributed by atoms with Gasteiger partial charge in [-0.25, -0.2) is 4.39 Å². The molecular weight excluding hydrogens is 249 g/mol. The molecule has 0 bridgehead atoms. The van der Waals surface area contributed by atoms with Crippen LogP contribution < -0.4 is 5.32 Å². The predicted molar refractivity (Wildman–Crippen MR) is 83.4 cm³/mol. The van der Waals surface area contributed by atoms with Gasteiger partial charge in [-0.15, -0.1) is 0 Å². The molecule has 1 unspecified atom stereocenters. The summed E-state index contributed by atoms with van der Waals surface area (Å²) >= 11 is 0. The summed E-state index contributed by atoms with van der Waals surface area (Å²) in [6, 6.07) is 7.31. The number of hydrogen-bond acceptors (Lipinski definition) is 1. The van der Waals surface area contributed by atoms with E-state index < -0.39 is 0 Å². The second-order valence-corrected chi connectivity index (χ2v) is 6.66. The van der Waals surface area contributed by atoms with Crippen molar-refractivity contribution in [2.24, 2.45) is 11.8 Å². The number of hydrogen-bond donors (Lipinski definition) is 1. The highest BCUT2D eigenvalue weighted by Crippen LogP contribution is 2.34. The average molecular weight is 277 g/mol. The Morgan fingerprint density at radius 2 is 1.85 bits per heavy atom. The quantitative estimate of drug-likeness (QED) is 0.759. The predicted octanol–water partition coefficient (Wildman–Crippen LogP) is 4.74. The van der Waals surface area contributed by atoms with Crippen molar-refractivity contribution in [1.82, 2.24) is 5.32 Å². The van der Waals surface area contributed by atoms with E-state index in [-0.39, 0.29) is 5.82 Å². The fraction of sp³-hybridized carbons (Fsp3) is 0.667. The van der Waals surface area contributed by atoms with Crippen LogP contribution in [0, 0.1) is 17.7 Å². The second-order valence-electron chi connectivity index (χ2n) is 6.66. The maximum absolute atomic E-state index is 14.1. The first kappa shape index (κ1) is 15.5. The van der Waals surface area contributed by atoms with Crippen LogP contribution in [-0.4, -0.2) is 13.1 Å². The van der Waals surface area contributed by atoms with E-state index in [1.165, 1.54) is 25.7 Å². The number of nitrogens with one attached hydrogen (secondary N) is 1. The molecule has 1 aromatic carbocycles. The van der Waals surface area contributed by atoms with Crippen molar-refractivity contribution in [3.8, 4) is 0 Å². The summed E-state index contributed by atoms with van der Waals surface area (Å²) in [5.74, 6) is 1.71. The average Bonchev–Trinajstić information content (AvgIpc) is 2.91. The number of rotatable bonds is 7. The van der Waals surface area contributed by atoms with Crippen molar-refractivity contribution in [2.45, 2.75) is 51.9 Å². The third-order valence-corrected chi connectivity index (χ3v) is 4.38. The normalized spacial score (nSPS) is 17.8. The molecule has 0 amide bonds. The standard InChI is InChI=1S/C18H28FN/c1-14(2)12-20-13-16(11-15-7-3-4-8-15)17-9-5-6-10-18(17)19/h5-6,9-10,14-16,20H,3-4,7-8,11-13H2,1-2H3. The minimum atomic E-state index is -0.0400. The van der Waals surface area contributed by atoms with E-state index in [9.17, 15) is 4.39 Å². The van der Waals surface area contributed by atoms with Crippen LogP contribution in [0.2, 0.25) is 0 Å². The Bertz CT molecular complexity index is 396. The van der Waals surface area contributed by atoms with E-state index in [4.69, 9.17) is 0 Å². The molecule has 0 aliphatic heterocycles. The summed E-state index contributed by atoms with van der Waals surface area (Å²) < 4.78 is 14.1. The molecule has 1 aliphatic rings. The van der Waals surface area contributed by atoms with Gasteiger partial charge >= 0.3 is 0 Å². The zero-order chi connectivity index (χ0) is 14.4. The van der Waals surface area contributed by atoms with Crippen molar-refractivity contribution in [3.05, 3.63) is 35.6 Å². The van der Waals surface area contributed by atoms with Crippen LogP contribution in [0.15, 0.2) is 24.3 Å². The molecule has 112 valence electrons. The van der Waals surface area contributed by atoms with Gasteiger partial charge in [0.1, 0.15) is 5.82 Å². The molecule has 0 heterocycles. The zero-order valence-corrected chi connectivity index (χ0v) is 12.9. The van der Waals surface area contributed by atoms with Crippen LogP contribution >= 0.6 is 0 Å². The molecule has 2 rings (SSSR count). The zero-order valence-electron chi connectivity index (χ0n) is 12.9. The maximum atomic E-state index is 14.1. The largest absolute Gasteiger partial charge is 0.316 e. The van der Waals surface area contributed by atoms with Gasteiger partial charge in [-0.2, -0.15) is 0 Å². The first-order valence-electron chi connectivity index (χ1n) is 8.12. The molecule has 1 aliphatic carbocycles. The Morgan fingerprint density at radius 3 is 2.50 bits per heavy atom. The van der Waals surface area contributed by atoms with Crippen LogP contribution in [0.4, 0.5) is 4.39 Å². The van der Waals surface area contributed by atoms with E-state index >= 15 is 0 Å². The highest BCUT2D eigenvalue weighted by atomic mass is 19.1. The third-order valence-electron chi connectivity index (χ3n) is 4.38. The van der Waals surface area contributed by atoms with Gasteiger partial charge in [-0.05, 0) is 42.3 Å². The van der Waals surface area contributed by atoms with Crippen LogP contribution in [0.5, 0.6) is 0 Å². The van der Waals surface area contributed by atoms with Gasteiger partial charge in [-0.3, -0.25) is 0 Å². The topological polar surface area (TPSA) is 12.0 Å². The Labute approximate surface area is 123 Å². The van der Waals surface area contributed by atoms with Gasteiger partial charge in [0.2, 0.25) is 0 Å². The highest BCUT2D eigenvalue weighted by Gasteiger charge is 2.23. The summed E-state index contributed by atoms with van der Waals surface area (Å²) in [5.41, 5.74) is 0.899. The van der Waals surface area contributed by atoms with E-state index in [2.05, 4.69) is 19.2 Å². The summed E-state index contributed by atoms with van der Waals surface area (Å²) in [4.78, 5) is 0. The lowest BCUT2D eigenvalue weighted by atomic mass is 9.87. The van der Waals surface area contributed by atoms with Crippen LogP contribution in [0.25, 0.3) is 0 Å². The smallest absolute Gasteiger partial charge is 0.126 e. The van der Waals surface area contributed by atoms with E-state index in [1.807, 2.05) is 12.1 Å². The summed E-state index contributed by atoms with van der Waals surface area (Å²) in [6.07, 6.45) is 6.50. The molecule has 20 heavy (non-hydrogen) atoms. The van der Waals surface area contributed by atoms with Gasteiger partial charge in [0.15, 0.2) is 0 Å². The first-order chi connectivity index (χ1) is 9.66. The lowest BCUT2D eigenvalue weighted by Gasteiger charge is -2.22. The SMILES string of the molecule is CC(C)CNCC(CC1CCCC1)c1ccccc1F. The molecule has 1 saturated carbocycles. The van der Waals surface area contributed by atoms with Crippen molar-refractivity contribution in [1.29, 1.82) is 0 Å². The number of halogens is 1. The minimum absolute atomic E-state index is 0.0400. The molecule has 2 heteroatoms. The maximum Gasteiger partial charge on any atom is 0.126 e. The van der Waals surface area contributed by atoms with E-state index in [0.29, 0.717) is 11.8 Å². The summed E-state index contributed by atoms with van der Waals surface area (Å²) in [6.45, 7) is 6.33. The molecule has 1 atom stereocenters. The van der Waals surface area contributed by atoms with Gasteiger partial charge < -0.3 is 5.32 Å². The molecule has 0 aromatic heterocycles. The number of benzene rings is 1. The van der Waals surface area contributed by atoms with Crippen molar-refractivity contribution in [2.75, 3.05) is 13.1 Å². The van der Waals surface area contributed by atoms with Gasteiger partial charge in [0, 0.05) is 6.54 Å². The lowest BCUT2D eigenvalue weighted by Crippen LogP contribution is -2.27. The van der Waals surface area contributed by atoms with Crippen LogP contribution in [0.3, 0.4) is 0 Å². The molecule has 0 saturated heterocycles. The van der Waals surface area contributed by atoms with Crippen molar-refractivity contribution < 1.29 is 4.39 Å². The first-order valence-corrected chi connectivity index (χ1v) is 8.12. The van der Waals surface area contributed by atoms with E-state index in [1.54, 1.807) is 12.1 Å². The van der Waals surface area contributed by atoms with Gasteiger partial charge in [0.25, 0.3) is 0 Å². The minimum Gasteiger partial charge on any atom is -0.316 e. The van der Waals surface area contributed by atoms with Crippen LogP contribution in [0.1, 0.15) is 57.4 Å². The van der Waals surface area contributed by atoms with Gasteiger partial charge in [0.05, 0.1) is 0 Å². The van der Waals surface area contributed by atoms with Crippen molar-refractivity contribution >= 4 is 0 Å².